The summed E-state index contributed by atoms with van der Waals surface area (Å²) in [7, 11) is 0. The van der Waals surface area contributed by atoms with E-state index in [1.165, 1.54) is 30.0 Å². The fourth-order valence-electron chi connectivity index (χ4n) is 3.89. The van der Waals surface area contributed by atoms with Crippen LogP contribution in [0.3, 0.4) is 0 Å². The van der Waals surface area contributed by atoms with Crippen molar-refractivity contribution in [2.75, 3.05) is 16.4 Å². The second-order valence-electron chi connectivity index (χ2n) is 8.99. The zero-order valence-corrected chi connectivity index (χ0v) is 22.8. The third kappa shape index (κ3) is 7.68. The second kappa shape index (κ2) is 13.4. The number of hydrogen-bond acceptors (Lipinski definition) is 4. The Hall–Kier alpha value is -4.69. The molecule has 0 radical (unpaired) electrons. The molecule has 0 aliphatic rings. The van der Waals surface area contributed by atoms with Gasteiger partial charge < -0.3 is 16.0 Å². The lowest BCUT2D eigenvalue weighted by Gasteiger charge is -2.13. The van der Waals surface area contributed by atoms with Crippen molar-refractivity contribution in [3.05, 3.63) is 131 Å². The van der Waals surface area contributed by atoms with E-state index in [1.54, 1.807) is 60.7 Å². The minimum absolute atomic E-state index is 0.120. The number of anilines is 2. The summed E-state index contributed by atoms with van der Waals surface area (Å²) in [6.45, 7) is 3.89. The fraction of sp³-hybridized carbons (Fsp3) is 0.0938. The van der Waals surface area contributed by atoms with Gasteiger partial charge in [-0.05, 0) is 67.4 Å². The van der Waals surface area contributed by atoms with Gasteiger partial charge >= 0.3 is 0 Å². The van der Waals surface area contributed by atoms with Crippen LogP contribution in [-0.4, -0.2) is 23.5 Å². The van der Waals surface area contributed by atoms with Crippen LogP contribution in [0.5, 0.6) is 0 Å². The molecule has 0 aliphatic heterocycles. The molecule has 4 rings (SSSR count). The summed E-state index contributed by atoms with van der Waals surface area (Å²) in [4.78, 5) is 39.4. The van der Waals surface area contributed by atoms with Gasteiger partial charge in [-0.2, -0.15) is 0 Å². The molecular formula is C32H28FN3O3S. The molecule has 4 aromatic rings. The van der Waals surface area contributed by atoms with E-state index in [9.17, 15) is 18.8 Å². The lowest BCUT2D eigenvalue weighted by atomic mass is 10.1. The third-order valence-electron chi connectivity index (χ3n) is 5.94. The summed E-state index contributed by atoms with van der Waals surface area (Å²) in [5, 5.41) is 8.33. The van der Waals surface area contributed by atoms with Crippen molar-refractivity contribution in [3.63, 3.8) is 0 Å². The molecule has 0 fully saturated rings. The molecule has 202 valence electrons. The molecule has 0 aliphatic carbocycles. The number of carbonyl (C=O) groups excluding carboxylic acids is 3. The van der Waals surface area contributed by atoms with Gasteiger partial charge in [0.1, 0.15) is 11.5 Å². The van der Waals surface area contributed by atoms with Crippen LogP contribution in [-0.2, 0) is 9.59 Å². The predicted octanol–water partition coefficient (Wildman–Crippen LogP) is 6.58. The van der Waals surface area contributed by atoms with Crippen LogP contribution in [0.15, 0.2) is 108 Å². The third-order valence-corrected chi connectivity index (χ3v) is 6.94. The van der Waals surface area contributed by atoms with E-state index < -0.39 is 17.6 Å². The Labute approximate surface area is 236 Å². The minimum Gasteiger partial charge on any atom is -0.325 e. The normalized spacial score (nSPS) is 11.0. The quantitative estimate of drug-likeness (QED) is 0.161. The number of carbonyl (C=O) groups is 3. The largest absolute Gasteiger partial charge is 0.325 e. The van der Waals surface area contributed by atoms with Gasteiger partial charge in [-0.1, -0.05) is 60.7 Å². The summed E-state index contributed by atoms with van der Waals surface area (Å²) in [5.41, 5.74) is 3.63. The van der Waals surface area contributed by atoms with Gasteiger partial charge in [0.15, 0.2) is 0 Å². The van der Waals surface area contributed by atoms with E-state index in [0.29, 0.717) is 11.3 Å². The van der Waals surface area contributed by atoms with Gasteiger partial charge in [0, 0.05) is 27.4 Å². The lowest BCUT2D eigenvalue weighted by molar-refractivity contribution is -0.114. The lowest BCUT2D eigenvalue weighted by Crippen LogP contribution is -2.30. The first-order valence-corrected chi connectivity index (χ1v) is 13.5. The SMILES string of the molecule is Cc1cccc(C)c1NC(=O)CSc1cccc(NC(=O)/C(=C/c2ccccc2F)NC(=O)c2ccccc2)c1. The highest BCUT2D eigenvalue weighted by Gasteiger charge is 2.16. The molecule has 0 unspecified atom stereocenters. The van der Waals surface area contributed by atoms with Crippen LogP contribution in [0.2, 0.25) is 0 Å². The first-order chi connectivity index (χ1) is 19.3. The standard InChI is InChI=1S/C32H28FN3O3S/c1-21-10-8-11-22(2)30(21)36-29(37)20-40-26-16-9-15-25(19-26)34-32(39)28(18-24-14-6-7-17-27(24)33)35-31(38)23-12-4-3-5-13-23/h3-19H,20H2,1-2H3,(H,34,39)(H,35,38)(H,36,37)/b28-18-. The van der Waals surface area contributed by atoms with Crippen molar-refractivity contribution in [1.82, 2.24) is 5.32 Å². The maximum atomic E-state index is 14.4. The topological polar surface area (TPSA) is 87.3 Å². The highest BCUT2D eigenvalue weighted by molar-refractivity contribution is 8.00. The molecular weight excluding hydrogens is 525 g/mol. The Morgan fingerprint density at radius 2 is 1.48 bits per heavy atom. The van der Waals surface area contributed by atoms with E-state index in [2.05, 4.69) is 16.0 Å². The van der Waals surface area contributed by atoms with Crippen LogP contribution in [0, 0.1) is 19.7 Å². The van der Waals surface area contributed by atoms with Crippen LogP contribution in [0.4, 0.5) is 15.8 Å². The maximum Gasteiger partial charge on any atom is 0.272 e. The summed E-state index contributed by atoms with van der Waals surface area (Å²) < 4.78 is 14.4. The number of aryl methyl sites for hydroxylation is 2. The minimum atomic E-state index is -0.623. The number of benzene rings is 4. The smallest absolute Gasteiger partial charge is 0.272 e. The van der Waals surface area contributed by atoms with Gasteiger partial charge in [0.25, 0.3) is 11.8 Å². The molecule has 0 saturated heterocycles. The predicted molar refractivity (Wildman–Crippen MR) is 159 cm³/mol. The summed E-state index contributed by atoms with van der Waals surface area (Å²) in [6.07, 6.45) is 1.29. The monoisotopic (exact) mass is 553 g/mol. The Kier molecular flexibility index (Phi) is 9.48. The van der Waals surface area contributed by atoms with E-state index in [1.807, 2.05) is 38.1 Å². The first kappa shape index (κ1) is 28.3. The molecule has 0 saturated carbocycles. The van der Waals surface area contributed by atoms with Crippen molar-refractivity contribution in [2.24, 2.45) is 0 Å². The maximum absolute atomic E-state index is 14.4. The van der Waals surface area contributed by atoms with Crippen molar-refractivity contribution in [1.29, 1.82) is 0 Å². The van der Waals surface area contributed by atoms with Crippen molar-refractivity contribution in [3.8, 4) is 0 Å². The van der Waals surface area contributed by atoms with Gasteiger partial charge in [-0.3, -0.25) is 14.4 Å². The average molecular weight is 554 g/mol. The van der Waals surface area contributed by atoms with Gasteiger partial charge in [0.05, 0.1) is 5.75 Å². The number of halogens is 1. The van der Waals surface area contributed by atoms with Crippen LogP contribution >= 0.6 is 11.8 Å². The Morgan fingerprint density at radius 1 is 0.800 bits per heavy atom. The summed E-state index contributed by atoms with van der Waals surface area (Å²) in [5.74, 6) is -1.62. The van der Waals surface area contributed by atoms with Crippen molar-refractivity contribution < 1.29 is 18.8 Å². The Morgan fingerprint density at radius 3 is 2.20 bits per heavy atom. The number of para-hydroxylation sites is 1. The van der Waals surface area contributed by atoms with Crippen molar-refractivity contribution >= 4 is 46.9 Å². The second-order valence-corrected chi connectivity index (χ2v) is 10.0. The number of rotatable bonds is 9. The molecule has 0 heterocycles. The van der Waals surface area contributed by atoms with E-state index in [4.69, 9.17) is 0 Å². The molecule has 3 N–H and O–H groups in total. The summed E-state index contributed by atoms with van der Waals surface area (Å²) >= 11 is 1.32. The summed E-state index contributed by atoms with van der Waals surface area (Å²) in [6, 6.07) is 27.2. The highest BCUT2D eigenvalue weighted by Crippen LogP contribution is 2.24. The number of thioether (sulfide) groups is 1. The molecule has 4 aromatic carbocycles. The van der Waals surface area contributed by atoms with Gasteiger partial charge in [-0.15, -0.1) is 11.8 Å². The van der Waals surface area contributed by atoms with Gasteiger partial charge in [0.2, 0.25) is 5.91 Å². The zero-order chi connectivity index (χ0) is 28.5. The van der Waals surface area contributed by atoms with Crippen LogP contribution in [0.1, 0.15) is 27.0 Å². The zero-order valence-electron chi connectivity index (χ0n) is 22.0. The van der Waals surface area contributed by atoms with Crippen LogP contribution < -0.4 is 16.0 Å². The Balaban J connectivity index is 1.46. The molecule has 40 heavy (non-hydrogen) atoms. The Bertz CT molecular complexity index is 1550. The molecule has 0 bridgehead atoms. The van der Waals surface area contributed by atoms with Crippen LogP contribution in [0.25, 0.3) is 6.08 Å². The molecule has 0 spiro atoms. The molecule has 3 amide bonds. The number of nitrogens with one attached hydrogen (secondary N) is 3. The molecule has 0 aromatic heterocycles. The van der Waals surface area contributed by atoms with Crippen molar-refractivity contribution in [2.45, 2.75) is 18.7 Å². The number of amides is 3. The fourth-order valence-corrected chi connectivity index (χ4v) is 4.64. The van der Waals surface area contributed by atoms with E-state index in [-0.39, 0.29) is 22.9 Å². The molecule has 8 heteroatoms. The molecule has 6 nitrogen and oxygen atoms in total. The first-order valence-electron chi connectivity index (χ1n) is 12.5. The van der Waals surface area contributed by atoms with Gasteiger partial charge in [-0.25, -0.2) is 4.39 Å². The molecule has 0 atom stereocenters. The van der Waals surface area contributed by atoms with E-state index >= 15 is 0 Å². The van der Waals surface area contributed by atoms with E-state index in [0.717, 1.165) is 21.7 Å². The average Bonchev–Trinajstić information content (AvgIpc) is 2.95. The highest BCUT2D eigenvalue weighted by atomic mass is 32.2. The number of hydrogen-bond donors (Lipinski definition) is 3.